The van der Waals surface area contributed by atoms with Crippen LogP contribution in [-0.4, -0.2) is 69.6 Å². The summed E-state index contributed by atoms with van der Waals surface area (Å²) >= 11 is 0. The van der Waals surface area contributed by atoms with Gasteiger partial charge in [-0.1, -0.05) is 13.8 Å². The molecule has 1 aromatic carbocycles. The maximum atomic E-state index is 14.0. The molecule has 3 N–H and O–H groups in total. The number of rotatable bonds is 5. The highest BCUT2D eigenvalue weighted by Crippen LogP contribution is 2.38. The van der Waals surface area contributed by atoms with E-state index in [1.807, 2.05) is 6.20 Å². The molecule has 0 radical (unpaired) electrons. The molecule has 0 atom stereocenters. The molecule has 5 rings (SSSR count). The Morgan fingerprint density at radius 3 is 2.59 bits per heavy atom. The van der Waals surface area contributed by atoms with Crippen LogP contribution in [0.15, 0.2) is 18.3 Å². The monoisotopic (exact) mass is 440 g/mol. The van der Waals surface area contributed by atoms with Crippen molar-refractivity contribution in [3.63, 3.8) is 0 Å². The Morgan fingerprint density at radius 1 is 1.22 bits per heavy atom. The van der Waals surface area contributed by atoms with Gasteiger partial charge in [0.25, 0.3) is 5.91 Å². The fraction of sp³-hybridized carbons (Fsp3) is 0.583. The molecule has 2 aliphatic heterocycles. The number of nitrogens with two attached hydrogens (primary N) is 1. The van der Waals surface area contributed by atoms with Crippen LogP contribution in [0, 0.1) is 11.7 Å². The minimum absolute atomic E-state index is 0.0177. The molecule has 0 unspecified atom stereocenters. The van der Waals surface area contributed by atoms with E-state index in [1.165, 1.54) is 44.6 Å². The predicted octanol–water partition coefficient (Wildman–Crippen LogP) is 3.14. The van der Waals surface area contributed by atoms with Crippen LogP contribution in [0.4, 0.5) is 4.39 Å². The number of hydrogen-bond acceptors (Lipinski definition) is 4. The number of fused-ring (bicyclic) bond motifs is 3. The number of carbonyl (C=O) groups is 1. The lowest BCUT2D eigenvalue weighted by molar-refractivity contribution is 0.100. The Bertz CT molecular complexity index is 1130. The van der Waals surface area contributed by atoms with Gasteiger partial charge in [-0.25, -0.2) is 8.91 Å². The van der Waals surface area contributed by atoms with Crippen LogP contribution in [0.5, 0.6) is 0 Å². The van der Waals surface area contributed by atoms with Crippen LogP contribution in [0.25, 0.3) is 16.7 Å². The molecule has 7 nitrogen and oxygen atoms in total. The summed E-state index contributed by atoms with van der Waals surface area (Å²) in [6.45, 7) is 11.5. The summed E-state index contributed by atoms with van der Waals surface area (Å²) in [7, 11) is 0. The van der Waals surface area contributed by atoms with E-state index in [0.29, 0.717) is 11.0 Å². The average Bonchev–Trinajstić information content (AvgIpc) is 3.34. The molecule has 0 saturated carbocycles. The van der Waals surface area contributed by atoms with Crippen LogP contribution in [-0.2, 0) is 5.41 Å². The minimum atomic E-state index is -0.656. The van der Waals surface area contributed by atoms with E-state index in [4.69, 9.17) is 5.73 Å². The van der Waals surface area contributed by atoms with Crippen molar-refractivity contribution in [2.75, 3.05) is 39.3 Å². The quantitative estimate of drug-likeness (QED) is 0.639. The minimum Gasteiger partial charge on any atom is -0.366 e. The van der Waals surface area contributed by atoms with Crippen molar-refractivity contribution < 1.29 is 9.18 Å². The van der Waals surface area contributed by atoms with E-state index in [1.54, 1.807) is 4.52 Å². The standard InChI is InChI=1S/C24H33FN6O/c1-3-29-8-4-16(5-9-29)15-30-10-6-24(2,7-11-30)19-14-27-31-21-18(22(26)32)12-17(25)13-20(21)28-23(19)31/h12-14,16,28H,3-11,15H2,1-2H3,(H2,26,32). The number of likely N-dealkylation sites (tertiary alicyclic amines) is 2. The van der Waals surface area contributed by atoms with Crippen molar-refractivity contribution in [1.82, 2.24) is 24.4 Å². The number of nitrogens with zero attached hydrogens (tertiary/aromatic N) is 4. The smallest absolute Gasteiger partial charge is 0.251 e. The lowest BCUT2D eigenvalue weighted by Gasteiger charge is -2.41. The molecular formula is C24H33FN6O. The van der Waals surface area contributed by atoms with E-state index in [0.717, 1.165) is 49.6 Å². The van der Waals surface area contributed by atoms with Crippen molar-refractivity contribution in [1.29, 1.82) is 0 Å². The Kier molecular flexibility index (Phi) is 5.45. The highest BCUT2D eigenvalue weighted by Gasteiger charge is 2.36. The van der Waals surface area contributed by atoms with Gasteiger partial charge in [0, 0.05) is 17.5 Å². The highest BCUT2D eigenvalue weighted by molar-refractivity contribution is 6.05. The maximum absolute atomic E-state index is 14.0. The van der Waals surface area contributed by atoms with Crippen LogP contribution < -0.4 is 5.73 Å². The molecule has 1 amide bonds. The second-order valence-corrected chi connectivity index (χ2v) is 9.90. The molecule has 2 fully saturated rings. The van der Waals surface area contributed by atoms with Gasteiger partial charge in [0.15, 0.2) is 0 Å². The number of piperidine rings is 2. The second kappa shape index (κ2) is 8.15. The number of imidazole rings is 1. The Morgan fingerprint density at radius 2 is 1.94 bits per heavy atom. The van der Waals surface area contributed by atoms with Gasteiger partial charge in [0.2, 0.25) is 0 Å². The van der Waals surface area contributed by atoms with E-state index >= 15 is 0 Å². The third kappa shape index (κ3) is 3.69. The summed E-state index contributed by atoms with van der Waals surface area (Å²) < 4.78 is 15.7. The largest absolute Gasteiger partial charge is 0.366 e. The van der Waals surface area contributed by atoms with Gasteiger partial charge < -0.3 is 20.5 Å². The van der Waals surface area contributed by atoms with Gasteiger partial charge in [-0.15, -0.1) is 0 Å². The van der Waals surface area contributed by atoms with E-state index < -0.39 is 11.7 Å². The van der Waals surface area contributed by atoms with Crippen molar-refractivity contribution in [2.45, 2.75) is 44.9 Å². The number of benzene rings is 1. The molecule has 0 spiro atoms. The fourth-order valence-corrected chi connectivity index (χ4v) is 5.67. The van der Waals surface area contributed by atoms with Crippen molar-refractivity contribution in [2.24, 2.45) is 11.7 Å². The third-order valence-electron chi connectivity index (χ3n) is 7.85. The van der Waals surface area contributed by atoms with Crippen LogP contribution in [0.2, 0.25) is 0 Å². The molecule has 4 heterocycles. The number of H-pyrrole nitrogens is 1. The molecular weight excluding hydrogens is 407 g/mol. The Hall–Kier alpha value is -2.45. The average molecular weight is 441 g/mol. The number of aromatic nitrogens is 3. The molecule has 2 aliphatic rings. The SMILES string of the molecule is CCN1CCC(CN2CCC(C)(c3cnn4c3[nH]c3cc(F)cc(C(N)=O)c34)CC2)CC1. The summed E-state index contributed by atoms with van der Waals surface area (Å²) in [4.78, 5) is 20.4. The lowest BCUT2D eigenvalue weighted by Crippen LogP contribution is -2.44. The number of amides is 1. The highest BCUT2D eigenvalue weighted by atomic mass is 19.1. The van der Waals surface area contributed by atoms with Gasteiger partial charge in [0.05, 0.1) is 17.3 Å². The van der Waals surface area contributed by atoms with Crippen molar-refractivity contribution in [3.05, 3.63) is 35.3 Å². The van der Waals surface area contributed by atoms with Gasteiger partial charge in [0.1, 0.15) is 17.0 Å². The second-order valence-electron chi connectivity index (χ2n) is 9.90. The van der Waals surface area contributed by atoms with Crippen molar-refractivity contribution >= 4 is 22.6 Å². The van der Waals surface area contributed by atoms with Gasteiger partial charge in [-0.05, 0) is 76.5 Å². The number of carbonyl (C=O) groups excluding carboxylic acids is 1. The van der Waals surface area contributed by atoms with Gasteiger partial charge in [-0.3, -0.25) is 4.79 Å². The summed E-state index contributed by atoms with van der Waals surface area (Å²) in [5.41, 5.74) is 8.68. The first kappa shape index (κ1) is 21.4. The summed E-state index contributed by atoms with van der Waals surface area (Å²) in [5, 5.41) is 4.56. The summed E-state index contributed by atoms with van der Waals surface area (Å²) in [5.74, 6) is -0.334. The van der Waals surface area contributed by atoms with Crippen LogP contribution in [0.3, 0.4) is 0 Å². The first-order valence-corrected chi connectivity index (χ1v) is 11.8. The molecule has 0 bridgehead atoms. The van der Waals surface area contributed by atoms with Gasteiger partial charge in [-0.2, -0.15) is 5.10 Å². The lowest BCUT2D eigenvalue weighted by atomic mass is 9.75. The fourth-order valence-electron chi connectivity index (χ4n) is 5.67. The number of nitrogens with one attached hydrogen (secondary N) is 1. The van der Waals surface area contributed by atoms with Crippen LogP contribution in [0.1, 0.15) is 55.5 Å². The topological polar surface area (TPSA) is 82.7 Å². The molecule has 172 valence electrons. The Balaban J connectivity index is 1.35. The first-order valence-electron chi connectivity index (χ1n) is 11.8. The number of hydrogen-bond donors (Lipinski definition) is 2. The van der Waals surface area contributed by atoms with E-state index in [9.17, 15) is 9.18 Å². The molecule has 2 saturated heterocycles. The third-order valence-corrected chi connectivity index (χ3v) is 7.85. The number of halogens is 1. The molecule has 2 aromatic heterocycles. The first-order chi connectivity index (χ1) is 15.4. The summed E-state index contributed by atoms with van der Waals surface area (Å²) in [6.07, 6.45) is 6.61. The van der Waals surface area contributed by atoms with Crippen molar-refractivity contribution in [3.8, 4) is 0 Å². The normalized spacial score (nSPS) is 21.0. The number of aromatic amines is 1. The Labute approximate surface area is 187 Å². The molecule has 32 heavy (non-hydrogen) atoms. The van der Waals surface area contributed by atoms with E-state index in [-0.39, 0.29) is 11.0 Å². The predicted molar refractivity (Wildman–Crippen MR) is 123 cm³/mol. The number of primary amides is 1. The zero-order valence-corrected chi connectivity index (χ0v) is 19.0. The molecule has 8 heteroatoms. The zero-order chi connectivity index (χ0) is 22.5. The van der Waals surface area contributed by atoms with E-state index in [2.05, 4.69) is 33.7 Å². The van der Waals surface area contributed by atoms with Gasteiger partial charge >= 0.3 is 0 Å². The summed E-state index contributed by atoms with van der Waals surface area (Å²) in [6, 6.07) is 2.58. The van der Waals surface area contributed by atoms with Crippen LogP contribution >= 0.6 is 0 Å². The zero-order valence-electron chi connectivity index (χ0n) is 19.0. The molecule has 0 aliphatic carbocycles. The molecule has 3 aromatic rings. The maximum Gasteiger partial charge on any atom is 0.251 e.